The van der Waals surface area contributed by atoms with Crippen LogP contribution >= 0.6 is 0 Å². The third kappa shape index (κ3) is 4.22. The predicted octanol–water partition coefficient (Wildman–Crippen LogP) is 5.37. The van der Waals surface area contributed by atoms with Crippen LogP contribution in [0.25, 0.3) is 10.8 Å². The molecule has 4 aromatic rings. The molecule has 0 unspecified atom stereocenters. The van der Waals surface area contributed by atoms with Crippen molar-refractivity contribution in [3.05, 3.63) is 106 Å². The average Bonchev–Trinajstić information content (AvgIpc) is 2.87. The van der Waals surface area contributed by atoms with Gasteiger partial charge in [-0.3, -0.25) is 24.4 Å². The summed E-state index contributed by atoms with van der Waals surface area (Å²) in [6.07, 6.45) is -4.58. The number of nitrogens with zero attached hydrogens (tertiary/aromatic N) is 2. The first kappa shape index (κ1) is 24.9. The first-order valence-electron chi connectivity index (χ1n) is 10.8. The third-order valence-electron chi connectivity index (χ3n) is 5.91. The molecule has 0 radical (unpaired) electrons. The Morgan fingerprint density at radius 3 is 2.08 bits per heavy atom. The molecule has 1 N–H and O–H groups in total. The van der Waals surface area contributed by atoms with E-state index in [-0.39, 0.29) is 38.5 Å². The van der Waals surface area contributed by atoms with Crippen LogP contribution in [0.4, 0.5) is 30.2 Å². The smallest absolute Gasteiger partial charge is 0.280 e. The molecule has 0 spiro atoms. The van der Waals surface area contributed by atoms with Crippen LogP contribution in [-0.2, 0) is 16.2 Å². The molecule has 1 heterocycles. The predicted molar refractivity (Wildman–Crippen MR) is 130 cm³/mol. The number of halogens is 3. The maximum absolute atomic E-state index is 13.3. The summed E-state index contributed by atoms with van der Waals surface area (Å²) in [4.78, 5) is 37.7. The van der Waals surface area contributed by atoms with Crippen LogP contribution in [0.3, 0.4) is 0 Å². The zero-order valence-electron chi connectivity index (χ0n) is 18.9. The van der Waals surface area contributed by atoms with Gasteiger partial charge in [-0.15, -0.1) is 0 Å². The van der Waals surface area contributed by atoms with Gasteiger partial charge in [0.2, 0.25) is 0 Å². The lowest BCUT2D eigenvalue weighted by Crippen LogP contribution is -2.40. The highest BCUT2D eigenvalue weighted by Gasteiger charge is 2.35. The van der Waals surface area contributed by atoms with Gasteiger partial charge in [-0.25, -0.2) is 13.3 Å². The number of sulfonamides is 1. The molecule has 0 saturated carbocycles. The Bertz CT molecular complexity index is 1750. The Kier molecular flexibility index (Phi) is 5.67. The Morgan fingerprint density at radius 2 is 1.47 bits per heavy atom. The largest absolute Gasteiger partial charge is 0.416 e. The quantitative estimate of drug-likeness (QED) is 0.206. The molecule has 0 aromatic heterocycles. The van der Waals surface area contributed by atoms with E-state index in [1.165, 1.54) is 30.3 Å². The van der Waals surface area contributed by atoms with Gasteiger partial charge >= 0.3 is 6.18 Å². The summed E-state index contributed by atoms with van der Waals surface area (Å²) in [7, 11) is -4.23. The van der Waals surface area contributed by atoms with E-state index in [0.717, 1.165) is 47.4 Å². The van der Waals surface area contributed by atoms with E-state index >= 15 is 0 Å². The van der Waals surface area contributed by atoms with Crippen molar-refractivity contribution >= 4 is 49.7 Å². The summed E-state index contributed by atoms with van der Waals surface area (Å²) in [6, 6.07) is 15.0. The summed E-state index contributed by atoms with van der Waals surface area (Å²) in [5.74, 6) is -1.51. The van der Waals surface area contributed by atoms with Crippen LogP contribution in [0.2, 0.25) is 0 Å². The Hall–Kier alpha value is -4.78. The normalized spacial score (nSPS) is 13.6. The highest BCUT2D eigenvalue weighted by molar-refractivity contribution is 7.92. The zero-order chi connectivity index (χ0) is 27.4. The van der Waals surface area contributed by atoms with Gasteiger partial charge in [0, 0.05) is 28.8 Å². The Balaban J connectivity index is 1.46. The van der Waals surface area contributed by atoms with Crippen molar-refractivity contribution in [2.45, 2.75) is 11.1 Å². The average molecular weight is 541 g/mol. The fourth-order valence-electron chi connectivity index (χ4n) is 4.15. The van der Waals surface area contributed by atoms with E-state index in [1.807, 2.05) is 0 Å². The minimum absolute atomic E-state index is 0.0163. The van der Waals surface area contributed by atoms with Gasteiger partial charge in [-0.2, -0.15) is 13.2 Å². The van der Waals surface area contributed by atoms with Crippen LogP contribution in [0.15, 0.2) is 83.8 Å². The first-order valence-corrected chi connectivity index (χ1v) is 12.3. The van der Waals surface area contributed by atoms with Crippen molar-refractivity contribution in [1.29, 1.82) is 0 Å². The van der Waals surface area contributed by atoms with Crippen molar-refractivity contribution in [2.24, 2.45) is 0 Å². The second kappa shape index (κ2) is 8.66. The van der Waals surface area contributed by atoms with Crippen molar-refractivity contribution in [3.8, 4) is 0 Å². The maximum Gasteiger partial charge on any atom is 0.416 e. The molecule has 2 amide bonds. The number of non-ortho nitro benzene ring substituents is 1. The number of nitro groups is 1. The number of alkyl halides is 3. The lowest BCUT2D eigenvalue weighted by Gasteiger charge is -2.27. The van der Waals surface area contributed by atoms with Gasteiger partial charge in [0.15, 0.2) is 0 Å². The van der Waals surface area contributed by atoms with E-state index < -0.39 is 38.5 Å². The second-order valence-electron chi connectivity index (χ2n) is 8.27. The molecule has 1 aliphatic rings. The second-order valence-corrected chi connectivity index (χ2v) is 9.96. The van der Waals surface area contributed by atoms with Crippen LogP contribution in [0, 0.1) is 10.1 Å². The van der Waals surface area contributed by atoms with E-state index in [1.54, 1.807) is 6.07 Å². The van der Waals surface area contributed by atoms with Gasteiger partial charge in [-0.05, 0) is 60.0 Å². The number of hydrogen-bond acceptors (Lipinski definition) is 6. The van der Waals surface area contributed by atoms with Gasteiger partial charge in [0.05, 0.1) is 26.6 Å². The standard InChI is InChI=1S/C25H14F3N3O6S/c26-25(27,28)15-4-6-16(7-5-15)29-38(36,37)19-10-8-17(9-11-19)30-23(32)20-3-1-2-14-12-18(31(34)35)13-21(22(14)20)24(30)33/h1-13,29H. The molecule has 38 heavy (non-hydrogen) atoms. The molecule has 192 valence electrons. The van der Waals surface area contributed by atoms with E-state index in [9.17, 15) is 41.3 Å². The fourth-order valence-corrected chi connectivity index (χ4v) is 5.21. The van der Waals surface area contributed by atoms with Crippen molar-refractivity contribution in [2.75, 3.05) is 9.62 Å². The molecule has 0 saturated heterocycles. The number of nitrogens with one attached hydrogen (secondary N) is 1. The molecule has 13 heteroatoms. The van der Waals surface area contributed by atoms with Crippen LogP contribution in [0.1, 0.15) is 26.3 Å². The maximum atomic E-state index is 13.3. The number of nitro benzene ring substituents is 1. The number of anilines is 2. The number of benzene rings is 4. The highest BCUT2D eigenvalue weighted by atomic mass is 32.2. The van der Waals surface area contributed by atoms with E-state index in [0.29, 0.717) is 5.39 Å². The summed E-state index contributed by atoms with van der Waals surface area (Å²) in [5, 5.41) is 12.0. The first-order chi connectivity index (χ1) is 17.9. The van der Waals surface area contributed by atoms with Gasteiger partial charge in [0.1, 0.15) is 0 Å². The Morgan fingerprint density at radius 1 is 0.842 bits per heavy atom. The summed E-state index contributed by atoms with van der Waals surface area (Å²) >= 11 is 0. The molecule has 4 aromatic carbocycles. The molecular formula is C25H14F3N3O6S. The number of rotatable bonds is 5. The fraction of sp³-hybridized carbons (Fsp3) is 0.0400. The molecule has 0 fully saturated rings. The third-order valence-corrected chi connectivity index (χ3v) is 7.31. The summed E-state index contributed by atoms with van der Waals surface area (Å²) in [6.45, 7) is 0. The molecule has 0 atom stereocenters. The van der Waals surface area contributed by atoms with Gasteiger partial charge in [-0.1, -0.05) is 12.1 Å². The molecule has 0 bridgehead atoms. The molecule has 1 aliphatic heterocycles. The van der Waals surface area contributed by atoms with Gasteiger partial charge < -0.3 is 0 Å². The van der Waals surface area contributed by atoms with Crippen LogP contribution in [-0.4, -0.2) is 25.2 Å². The van der Waals surface area contributed by atoms with Crippen LogP contribution in [0.5, 0.6) is 0 Å². The zero-order valence-corrected chi connectivity index (χ0v) is 19.7. The minimum Gasteiger partial charge on any atom is -0.280 e. The Labute approximate surface area is 212 Å². The lowest BCUT2D eigenvalue weighted by molar-refractivity contribution is -0.384. The summed E-state index contributed by atoms with van der Waals surface area (Å²) in [5.41, 5.74) is -1.26. The minimum atomic E-state index is -4.58. The number of carbonyl (C=O) groups is 2. The molecule has 5 rings (SSSR count). The van der Waals surface area contributed by atoms with E-state index in [4.69, 9.17) is 0 Å². The van der Waals surface area contributed by atoms with Crippen molar-refractivity contribution < 1.29 is 36.1 Å². The molecule has 0 aliphatic carbocycles. The summed E-state index contributed by atoms with van der Waals surface area (Å²) < 4.78 is 65.9. The lowest BCUT2D eigenvalue weighted by atomic mass is 9.93. The number of hydrogen-bond donors (Lipinski definition) is 1. The number of amides is 2. The van der Waals surface area contributed by atoms with Crippen molar-refractivity contribution in [3.63, 3.8) is 0 Å². The van der Waals surface area contributed by atoms with Gasteiger partial charge in [0.25, 0.3) is 27.5 Å². The van der Waals surface area contributed by atoms with Crippen LogP contribution < -0.4 is 9.62 Å². The number of carbonyl (C=O) groups excluding carboxylic acids is 2. The van der Waals surface area contributed by atoms with Crippen molar-refractivity contribution in [1.82, 2.24) is 0 Å². The highest BCUT2D eigenvalue weighted by Crippen LogP contribution is 2.36. The number of imide groups is 1. The monoisotopic (exact) mass is 541 g/mol. The van der Waals surface area contributed by atoms with E-state index in [2.05, 4.69) is 4.72 Å². The molecular weight excluding hydrogens is 527 g/mol. The SMILES string of the molecule is O=C1c2cccc3cc([N+](=O)[O-])cc(c23)C(=O)N1c1ccc(S(=O)(=O)Nc2ccc(C(F)(F)F)cc2)cc1. The molecule has 9 nitrogen and oxygen atoms in total. The topological polar surface area (TPSA) is 127 Å².